The van der Waals surface area contributed by atoms with Gasteiger partial charge >= 0.3 is 0 Å². The van der Waals surface area contributed by atoms with Crippen molar-refractivity contribution in [2.24, 2.45) is 10.3 Å². The van der Waals surface area contributed by atoms with Crippen molar-refractivity contribution in [2.75, 3.05) is 7.11 Å². The number of oxime groups is 2. The molecular weight excluding hydrogens is 406 g/mol. The summed E-state index contributed by atoms with van der Waals surface area (Å²) in [7, 11) is 1.48. The number of hydrogen-bond acceptors (Lipinski definition) is 4. The predicted molar refractivity (Wildman–Crippen MR) is 101 cm³/mol. The Bertz CT molecular complexity index is 867. The molecule has 2 rings (SSSR count). The van der Waals surface area contributed by atoms with Crippen molar-refractivity contribution < 1.29 is 18.5 Å². The maximum atomic E-state index is 13.9. The van der Waals surface area contributed by atoms with E-state index in [1.165, 1.54) is 13.2 Å². The first kappa shape index (κ1) is 20.0. The number of nitrogens with zero attached hydrogens (tertiary/aromatic N) is 2. The fraction of sp³-hybridized carbons (Fsp3) is 0.263. The van der Waals surface area contributed by atoms with E-state index in [0.717, 1.165) is 22.8 Å². The summed E-state index contributed by atoms with van der Waals surface area (Å²) in [6.45, 7) is 5.49. The Morgan fingerprint density at radius 1 is 1.08 bits per heavy atom. The molecule has 0 saturated heterocycles. The topological polar surface area (TPSA) is 43.2 Å². The number of halogens is 3. The zero-order valence-electron chi connectivity index (χ0n) is 14.9. The van der Waals surface area contributed by atoms with Crippen molar-refractivity contribution in [3.8, 4) is 0 Å². The highest BCUT2D eigenvalue weighted by molar-refractivity contribution is 9.10. The van der Waals surface area contributed by atoms with E-state index in [-0.39, 0.29) is 17.9 Å². The van der Waals surface area contributed by atoms with Crippen LogP contribution in [0.2, 0.25) is 0 Å². The molecule has 0 amide bonds. The molecule has 0 aliphatic rings. The lowest BCUT2D eigenvalue weighted by molar-refractivity contribution is 0.130. The van der Waals surface area contributed by atoms with Gasteiger partial charge in [0.1, 0.15) is 13.7 Å². The van der Waals surface area contributed by atoms with Gasteiger partial charge in [-0.25, -0.2) is 8.78 Å². The van der Waals surface area contributed by atoms with Gasteiger partial charge in [-0.05, 0) is 38.5 Å². The SMILES string of the molecule is CO/N=C(/C)c1cccc(C)c1CO/N=C(\C)c1cc(Br)cc(F)c1F. The van der Waals surface area contributed by atoms with Crippen LogP contribution in [0.1, 0.15) is 36.1 Å². The summed E-state index contributed by atoms with van der Waals surface area (Å²) in [4.78, 5) is 10.2. The molecule has 0 unspecified atom stereocenters. The number of rotatable bonds is 6. The molecule has 0 aliphatic heterocycles. The number of aryl methyl sites for hydroxylation is 1. The van der Waals surface area contributed by atoms with Crippen LogP contribution < -0.4 is 0 Å². The van der Waals surface area contributed by atoms with Gasteiger partial charge in [0.15, 0.2) is 11.6 Å². The second-order valence-electron chi connectivity index (χ2n) is 5.66. The lowest BCUT2D eigenvalue weighted by Gasteiger charge is -2.12. The third-order valence-corrected chi connectivity index (χ3v) is 4.28. The predicted octanol–water partition coefficient (Wildman–Crippen LogP) is 5.35. The average Bonchev–Trinajstić information content (AvgIpc) is 2.59. The van der Waals surface area contributed by atoms with Gasteiger partial charge in [-0.1, -0.05) is 44.4 Å². The zero-order chi connectivity index (χ0) is 19.3. The zero-order valence-corrected chi connectivity index (χ0v) is 16.5. The molecule has 0 N–H and O–H groups in total. The number of benzene rings is 2. The minimum Gasteiger partial charge on any atom is -0.399 e. The van der Waals surface area contributed by atoms with Gasteiger partial charge in [-0.2, -0.15) is 0 Å². The molecule has 0 bridgehead atoms. The van der Waals surface area contributed by atoms with E-state index < -0.39 is 11.6 Å². The Hall–Kier alpha value is -2.28. The van der Waals surface area contributed by atoms with Crippen molar-refractivity contribution in [3.05, 3.63) is 68.7 Å². The Labute approximate surface area is 159 Å². The van der Waals surface area contributed by atoms with Gasteiger partial charge in [-0.15, -0.1) is 0 Å². The molecule has 26 heavy (non-hydrogen) atoms. The van der Waals surface area contributed by atoms with Gasteiger partial charge in [0, 0.05) is 21.2 Å². The molecule has 0 aromatic heterocycles. The normalized spacial score (nSPS) is 12.3. The molecule has 0 aliphatic carbocycles. The van der Waals surface area contributed by atoms with Crippen LogP contribution in [0.15, 0.2) is 45.1 Å². The highest BCUT2D eigenvalue weighted by Crippen LogP contribution is 2.21. The van der Waals surface area contributed by atoms with Crippen LogP contribution in [0.5, 0.6) is 0 Å². The van der Waals surface area contributed by atoms with Crippen molar-refractivity contribution in [1.29, 1.82) is 0 Å². The van der Waals surface area contributed by atoms with Crippen molar-refractivity contribution in [2.45, 2.75) is 27.4 Å². The van der Waals surface area contributed by atoms with Crippen molar-refractivity contribution in [1.82, 2.24) is 0 Å². The molecule has 0 fully saturated rings. The summed E-state index contributed by atoms with van der Waals surface area (Å²) >= 11 is 3.14. The fourth-order valence-electron chi connectivity index (χ4n) is 2.48. The standard InChI is InChI=1S/C19H19BrF2N2O2/c1-11-6-5-7-15(12(2)23-25-4)17(11)10-26-24-13(3)16-8-14(20)9-18(21)19(16)22/h5-9H,10H2,1-4H3/b23-12-,24-13+. The minimum atomic E-state index is -0.960. The fourth-order valence-corrected chi connectivity index (χ4v) is 2.91. The van der Waals surface area contributed by atoms with Crippen LogP contribution in [0.3, 0.4) is 0 Å². The Kier molecular flexibility index (Phi) is 6.85. The lowest BCUT2D eigenvalue weighted by atomic mass is 10.00. The second kappa shape index (κ2) is 8.89. The van der Waals surface area contributed by atoms with E-state index in [9.17, 15) is 8.78 Å². The Balaban J connectivity index is 2.25. The second-order valence-corrected chi connectivity index (χ2v) is 6.58. The molecule has 4 nitrogen and oxygen atoms in total. The van der Waals surface area contributed by atoms with Gasteiger partial charge in [-0.3, -0.25) is 0 Å². The van der Waals surface area contributed by atoms with Gasteiger partial charge in [0.25, 0.3) is 0 Å². The first-order valence-corrected chi connectivity index (χ1v) is 8.62. The molecule has 2 aromatic carbocycles. The summed E-state index contributed by atoms with van der Waals surface area (Å²) in [5.41, 5.74) is 3.75. The molecule has 0 heterocycles. The molecule has 2 aromatic rings. The quantitative estimate of drug-likeness (QED) is 0.356. The summed E-state index contributed by atoms with van der Waals surface area (Å²) in [5, 5.41) is 7.89. The van der Waals surface area contributed by atoms with Gasteiger partial charge in [0.05, 0.1) is 11.4 Å². The lowest BCUT2D eigenvalue weighted by Crippen LogP contribution is -2.06. The summed E-state index contributed by atoms with van der Waals surface area (Å²) in [6, 6.07) is 8.28. The summed E-state index contributed by atoms with van der Waals surface area (Å²) < 4.78 is 27.9. The maximum absolute atomic E-state index is 13.9. The minimum absolute atomic E-state index is 0.0407. The molecular formula is C19H19BrF2N2O2. The molecule has 0 atom stereocenters. The van der Waals surface area contributed by atoms with Crippen molar-refractivity contribution >= 4 is 27.4 Å². The van der Waals surface area contributed by atoms with Crippen LogP contribution in [0.25, 0.3) is 0 Å². The largest absolute Gasteiger partial charge is 0.399 e. The van der Waals surface area contributed by atoms with Crippen LogP contribution in [0.4, 0.5) is 8.78 Å². The van der Waals surface area contributed by atoms with Crippen LogP contribution >= 0.6 is 15.9 Å². The third-order valence-electron chi connectivity index (χ3n) is 3.82. The van der Waals surface area contributed by atoms with Gasteiger partial charge in [0.2, 0.25) is 0 Å². The first-order valence-electron chi connectivity index (χ1n) is 7.83. The van der Waals surface area contributed by atoms with Crippen LogP contribution in [-0.2, 0) is 16.3 Å². The van der Waals surface area contributed by atoms with E-state index in [1.54, 1.807) is 6.92 Å². The van der Waals surface area contributed by atoms with E-state index in [0.29, 0.717) is 10.2 Å². The monoisotopic (exact) mass is 424 g/mol. The molecule has 7 heteroatoms. The van der Waals surface area contributed by atoms with Gasteiger partial charge < -0.3 is 9.68 Å². The molecule has 0 radical (unpaired) electrons. The smallest absolute Gasteiger partial charge is 0.168 e. The first-order chi connectivity index (χ1) is 12.3. The molecule has 138 valence electrons. The highest BCUT2D eigenvalue weighted by atomic mass is 79.9. The van der Waals surface area contributed by atoms with Crippen LogP contribution in [0, 0.1) is 18.6 Å². The summed E-state index contributed by atoms with van der Waals surface area (Å²) in [5.74, 6) is -1.91. The third kappa shape index (κ3) is 4.66. The summed E-state index contributed by atoms with van der Waals surface area (Å²) in [6.07, 6.45) is 0. The molecule has 0 saturated carbocycles. The Morgan fingerprint density at radius 2 is 1.77 bits per heavy atom. The highest BCUT2D eigenvalue weighted by Gasteiger charge is 2.14. The number of hydrogen-bond donors (Lipinski definition) is 0. The van der Waals surface area contributed by atoms with Crippen molar-refractivity contribution in [3.63, 3.8) is 0 Å². The Morgan fingerprint density at radius 3 is 2.46 bits per heavy atom. The van der Waals surface area contributed by atoms with E-state index >= 15 is 0 Å². The maximum Gasteiger partial charge on any atom is 0.168 e. The van der Waals surface area contributed by atoms with E-state index in [4.69, 9.17) is 9.68 Å². The van der Waals surface area contributed by atoms with E-state index in [2.05, 4.69) is 26.2 Å². The van der Waals surface area contributed by atoms with E-state index in [1.807, 2.05) is 32.0 Å². The van der Waals surface area contributed by atoms with Crippen LogP contribution in [-0.4, -0.2) is 18.5 Å². The molecule has 0 spiro atoms. The average molecular weight is 425 g/mol.